The van der Waals surface area contributed by atoms with Gasteiger partial charge in [0.1, 0.15) is 0 Å². The number of halogens is 1. The summed E-state index contributed by atoms with van der Waals surface area (Å²) in [5, 5.41) is 7.33. The Balaban J connectivity index is 1.43. The molecule has 2 N–H and O–H groups in total. The van der Waals surface area contributed by atoms with Crippen LogP contribution in [-0.4, -0.2) is 31.1 Å². The van der Waals surface area contributed by atoms with E-state index in [1.165, 1.54) is 0 Å². The third-order valence-electron chi connectivity index (χ3n) is 4.82. The number of carbonyl (C=O) groups excluding carboxylic acids is 3. The van der Waals surface area contributed by atoms with Crippen LogP contribution < -0.4 is 10.6 Å². The Morgan fingerprint density at radius 2 is 1.89 bits per heavy atom. The van der Waals surface area contributed by atoms with E-state index < -0.39 is 29.9 Å². The molecule has 0 spiro atoms. The zero-order valence-electron chi connectivity index (χ0n) is 15.2. The fraction of sp³-hybridized carbons (Fsp3) is 0.350. The Morgan fingerprint density at radius 1 is 1.14 bits per heavy atom. The smallest absolute Gasteiger partial charge is 0.321 e. The van der Waals surface area contributed by atoms with Crippen LogP contribution in [0.2, 0.25) is 5.02 Å². The third kappa shape index (κ3) is 4.91. The van der Waals surface area contributed by atoms with Crippen molar-refractivity contribution in [2.24, 2.45) is 0 Å². The summed E-state index contributed by atoms with van der Waals surface area (Å²) in [7, 11) is 0. The second kappa shape index (κ2) is 9.21. The maximum absolute atomic E-state index is 12.6. The van der Waals surface area contributed by atoms with E-state index in [2.05, 4.69) is 10.6 Å². The van der Waals surface area contributed by atoms with E-state index in [1.54, 1.807) is 23.5 Å². The van der Waals surface area contributed by atoms with Crippen LogP contribution in [0, 0.1) is 0 Å². The predicted molar refractivity (Wildman–Crippen MR) is 108 cm³/mol. The van der Waals surface area contributed by atoms with Crippen LogP contribution in [0.4, 0.5) is 4.79 Å². The SMILES string of the molecule is O=C(COC(=O)C1(c2ccc(Cl)cc2)CCC1)NC(=O)NCCc1cccs1. The number of amides is 3. The van der Waals surface area contributed by atoms with E-state index in [-0.39, 0.29) is 0 Å². The summed E-state index contributed by atoms with van der Waals surface area (Å²) < 4.78 is 5.20. The number of carbonyl (C=O) groups is 3. The first kappa shape index (κ1) is 20.4. The fourth-order valence-electron chi connectivity index (χ4n) is 3.14. The lowest BCUT2D eigenvalue weighted by Gasteiger charge is -2.39. The Kier molecular flexibility index (Phi) is 6.70. The summed E-state index contributed by atoms with van der Waals surface area (Å²) in [6, 6.07) is 10.4. The summed E-state index contributed by atoms with van der Waals surface area (Å²) >= 11 is 7.52. The van der Waals surface area contributed by atoms with Crippen molar-refractivity contribution in [3.8, 4) is 0 Å². The number of ether oxygens (including phenoxy) is 1. The number of nitrogens with one attached hydrogen (secondary N) is 2. The third-order valence-corrected chi connectivity index (χ3v) is 6.01. The molecule has 2 aromatic rings. The van der Waals surface area contributed by atoms with Crippen LogP contribution in [0.3, 0.4) is 0 Å². The molecule has 0 aliphatic heterocycles. The van der Waals surface area contributed by atoms with Crippen LogP contribution in [0.15, 0.2) is 41.8 Å². The number of benzene rings is 1. The van der Waals surface area contributed by atoms with Crippen LogP contribution in [0.5, 0.6) is 0 Å². The van der Waals surface area contributed by atoms with Crippen molar-refractivity contribution >= 4 is 40.8 Å². The van der Waals surface area contributed by atoms with Gasteiger partial charge in [0.05, 0.1) is 5.41 Å². The van der Waals surface area contributed by atoms with Gasteiger partial charge in [0.2, 0.25) is 0 Å². The molecule has 1 aromatic heterocycles. The average Bonchev–Trinajstić information content (AvgIpc) is 3.14. The van der Waals surface area contributed by atoms with Crippen molar-refractivity contribution in [2.75, 3.05) is 13.2 Å². The molecule has 8 heteroatoms. The molecule has 0 bridgehead atoms. The van der Waals surface area contributed by atoms with Crippen molar-refractivity contribution in [1.82, 2.24) is 10.6 Å². The van der Waals surface area contributed by atoms with Crippen molar-refractivity contribution in [3.05, 3.63) is 57.2 Å². The maximum atomic E-state index is 12.6. The molecule has 0 unspecified atom stereocenters. The molecule has 28 heavy (non-hydrogen) atoms. The summed E-state index contributed by atoms with van der Waals surface area (Å²) in [6.07, 6.45) is 2.94. The lowest BCUT2D eigenvalue weighted by molar-refractivity contribution is -0.157. The van der Waals surface area contributed by atoms with Crippen molar-refractivity contribution in [1.29, 1.82) is 0 Å². The maximum Gasteiger partial charge on any atom is 0.321 e. The van der Waals surface area contributed by atoms with Gasteiger partial charge in [-0.25, -0.2) is 4.79 Å². The number of rotatable bonds is 7. The topological polar surface area (TPSA) is 84.5 Å². The molecule has 1 aliphatic rings. The van der Waals surface area contributed by atoms with Gasteiger partial charge in [-0.3, -0.25) is 14.9 Å². The molecule has 0 saturated heterocycles. The summed E-state index contributed by atoms with van der Waals surface area (Å²) in [5.41, 5.74) is 0.105. The van der Waals surface area contributed by atoms with Crippen molar-refractivity contribution in [3.63, 3.8) is 0 Å². The van der Waals surface area contributed by atoms with E-state index >= 15 is 0 Å². The number of hydrogen-bond acceptors (Lipinski definition) is 5. The summed E-state index contributed by atoms with van der Waals surface area (Å²) in [5.74, 6) is -1.11. The lowest BCUT2D eigenvalue weighted by Crippen LogP contribution is -2.46. The van der Waals surface area contributed by atoms with Gasteiger partial charge in [-0.05, 0) is 48.4 Å². The molecule has 3 amide bonds. The van der Waals surface area contributed by atoms with Crippen LogP contribution >= 0.6 is 22.9 Å². The zero-order chi connectivity index (χ0) is 20.0. The highest BCUT2D eigenvalue weighted by Crippen LogP contribution is 2.45. The molecule has 3 rings (SSSR count). The monoisotopic (exact) mass is 420 g/mol. The highest BCUT2D eigenvalue weighted by Gasteiger charge is 2.47. The number of imide groups is 1. The first-order valence-electron chi connectivity index (χ1n) is 9.03. The molecule has 1 aliphatic carbocycles. The molecule has 1 saturated carbocycles. The molecule has 1 aromatic carbocycles. The number of esters is 1. The minimum absolute atomic E-state index is 0.416. The van der Waals surface area contributed by atoms with Crippen molar-refractivity contribution < 1.29 is 19.1 Å². The van der Waals surface area contributed by atoms with E-state index in [0.29, 0.717) is 30.8 Å². The Hall–Kier alpha value is -2.38. The Bertz CT molecular complexity index is 832. The fourth-order valence-corrected chi connectivity index (χ4v) is 3.98. The number of thiophene rings is 1. The molecular weight excluding hydrogens is 400 g/mol. The highest BCUT2D eigenvalue weighted by atomic mass is 35.5. The van der Waals surface area contributed by atoms with E-state index in [9.17, 15) is 14.4 Å². The largest absolute Gasteiger partial charge is 0.455 e. The quantitative estimate of drug-likeness (QED) is 0.672. The van der Waals surface area contributed by atoms with Gasteiger partial charge in [0.25, 0.3) is 5.91 Å². The molecule has 148 valence electrons. The van der Waals surface area contributed by atoms with Crippen LogP contribution in [-0.2, 0) is 26.2 Å². The first-order valence-corrected chi connectivity index (χ1v) is 10.3. The summed E-state index contributed by atoms with van der Waals surface area (Å²) in [6.45, 7) is -0.0778. The normalized spacial score (nSPS) is 14.6. The standard InChI is InChI=1S/C20H21ClN2O4S/c21-15-6-4-14(5-7-15)20(9-2-10-20)18(25)27-13-17(24)23-19(26)22-11-8-16-3-1-12-28-16/h1,3-7,12H,2,8-11,13H2,(H2,22,23,24,26). The predicted octanol–water partition coefficient (Wildman–Crippen LogP) is 3.43. The van der Waals surface area contributed by atoms with Gasteiger partial charge in [0, 0.05) is 16.4 Å². The average molecular weight is 421 g/mol. The molecule has 0 atom stereocenters. The minimum atomic E-state index is -0.728. The van der Waals surface area contributed by atoms with Crippen molar-refractivity contribution in [2.45, 2.75) is 31.1 Å². The van der Waals surface area contributed by atoms with Crippen LogP contribution in [0.25, 0.3) is 0 Å². The molecule has 0 radical (unpaired) electrons. The second-order valence-corrected chi connectivity index (χ2v) is 8.12. The van der Waals surface area contributed by atoms with Gasteiger partial charge in [-0.15, -0.1) is 11.3 Å². The van der Waals surface area contributed by atoms with Gasteiger partial charge in [-0.2, -0.15) is 0 Å². The Labute approximate surface area is 172 Å². The highest BCUT2D eigenvalue weighted by molar-refractivity contribution is 7.09. The Morgan fingerprint density at radius 3 is 2.50 bits per heavy atom. The first-order chi connectivity index (χ1) is 13.5. The molecular formula is C20H21ClN2O4S. The number of hydrogen-bond donors (Lipinski definition) is 2. The number of urea groups is 1. The molecule has 1 fully saturated rings. The van der Waals surface area contributed by atoms with Gasteiger partial charge < -0.3 is 10.1 Å². The minimum Gasteiger partial charge on any atom is -0.455 e. The van der Waals surface area contributed by atoms with Gasteiger partial charge in [0.15, 0.2) is 6.61 Å². The summed E-state index contributed by atoms with van der Waals surface area (Å²) in [4.78, 5) is 37.4. The zero-order valence-corrected chi connectivity index (χ0v) is 16.8. The van der Waals surface area contributed by atoms with E-state index in [0.717, 1.165) is 16.9 Å². The van der Waals surface area contributed by atoms with E-state index in [1.807, 2.05) is 29.6 Å². The van der Waals surface area contributed by atoms with Gasteiger partial charge in [-0.1, -0.05) is 36.2 Å². The second-order valence-electron chi connectivity index (χ2n) is 6.65. The lowest BCUT2D eigenvalue weighted by atomic mass is 9.64. The molecule has 6 nitrogen and oxygen atoms in total. The van der Waals surface area contributed by atoms with Gasteiger partial charge >= 0.3 is 12.0 Å². The molecule has 1 heterocycles. The van der Waals surface area contributed by atoms with Crippen LogP contribution in [0.1, 0.15) is 29.7 Å². The van der Waals surface area contributed by atoms with E-state index in [4.69, 9.17) is 16.3 Å².